The summed E-state index contributed by atoms with van der Waals surface area (Å²) in [7, 11) is 0. The second kappa shape index (κ2) is 5.66. The smallest absolute Gasteiger partial charge is 0.116 e. The number of benzene rings is 2. The molecule has 0 spiro atoms. The molecule has 3 rings (SSSR count). The number of hydrogen-bond acceptors (Lipinski definition) is 2. The van der Waals surface area contributed by atoms with Gasteiger partial charge in [0, 0.05) is 11.1 Å². The Kier molecular flexibility index (Phi) is 3.55. The Balaban J connectivity index is 2.26. The molecule has 3 aromatic rings. The van der Waals surface area contributed by atoms with Crippen molar-refractivity contribution in [2.24, 2.45) is 0 Å². The molecule has 0 saturated heterocycles. The van der Waals surface area contributed by atoms with Gasteiger partial charge in [-0.05, 0) is 12.0 Å². The molecule has 0 fully saturated rings. The molecule has 0 unspecified atom stereocenters. The molecule has 0 aliphatic carbocycles. The Morgan fingerprint density at radius 3 is 1.95 bits per heavy atom. The minimum Gasteiger partial charge on any atom is -0.241 e. The highest BCUT2D eigenvalue weighted by molar-refractivity contribution is 5.82. The van der Waals surface area contributed by atoms with Crippen molar-refractivity contribution in [2.45, 2.75) is 13.3 Å². The van der Waals surface area contributed by atoms with E-state index in [2.05, 4.69) is 53.3 Å². The van der Waals surface area contributed by atoms with Gasteiger partial charge in [-0.1, -0.05) is 67.6 Å². The van der Waals surface area contributed by atoms with Crippen LogP contribution in [-0.2, 0) is 6.42 Å². The maximum absolute atomic E-state index is 4.52. The van der Waals surface area contributed by atoms with E-state index in [9.17, 15) is 0 Å². The van der Waals surface area contributed by atoms with Gasteiger partial charge in [0.25, 0.3) is 0 Å². The molecular formula is C18H16N2. The van der Waals surface area contributed by atoms with Crippen LogP contribution in [0.1, 0.15) is 12.6 Å². The quantitative estimate of drug-likeness (QED) is 0.698. The van der Waals surface area contributed by atoms with E-state index in [-0.39, 0.29) is 0 Å². The van der Waals surface area contributed by atoms with E-state index in [1.165, 1.54) is 5.56 Å². The van der Waals surface area contributed by atoms with E-state index in [0.29, 0.717) is 0 Å². The van der Waals surface area contributed by atoms with Gasteiger partial charge in [0.2, 0.25) is 0 Å². The molecule has 98 valence electrons. The van der Waals surface area contributed by atoms with Gasteiger partial charge in [0.05, 0.1) is 11.4 Å². The van der Waals surface area contributed by atoms with Crippen molar-refractivity contribution in [1.29, 1.82) is 0 Å². The first-order valence-corrected chi connectivity index (χ1v) is 6.85. The van der Waals surface area contributed by atoms with Crippen LogP contribution in [0.5, 0.6) is 0 Å². The maximum atomic E-state index is 4.52. The second-order valence-electron chi connectivity index (χ2n) is 4.63. The summed E-state index contributed by atoms with van der Waals surface area (Å²) in [6.45, 7) is 2.13. The second-order valence-corrected chi connectivity index (χ2v) is 4.63. The fraction of sp³-hybridized carbons (Fsp3) is 0.111. The zero-order valence-corrected chi connectivity index (χ0v) is 11.5. The van der Waals surface area contributed by atoms with Crippen LogP contribution in [0.2, 0.25) is 0 Å². The zero-order valence-electron chi connectivity index (χ0n) is 11.5. The molecule has 0 aliphatic rings. The number of nitrogens with zero attached hydrogens (tertiary/aromatic N) is 2. The lowest BCUT2D eigenvalue weighted by Crippen LogP contribution is -1.98. The molecule has 0 radical (unpaired) electrons. The Morgan fingerprint density at radius 2 is 1.35 bits per heavy atom. The van der Waals surface area contributed by atoms with Crippen LogP contribution in [0.4, 0.5) is 0 Å². The van der Waals surface area contributed by atoms with Gasteiger partial charge in [-0.3, -0.25) is 0 Å². The standard InChI is InChI=1S/C18H16N2/c1-2-16-17(14-9-5-3-6-10-14)18(20-13-19-16)15-11-7-4-8-12-15/h3-13H,2H2,1H3. The van der Waals surface area contributed by atoms with Gasteiger partial charge in [0.1, 0.15) is 6.33 Å². The molecule has 0 amide bonds. The number of aromatic nitrogens is 2. The van der Waals surface area contributed by atoms with Crippen molar-refractivity contribution < 1.29 is 0 Å². The molecule has 0 saturated carbocycles. The van der Waals surface area contributed by atoms with Crippen molar-refractivity contribution in [3.63, 3.8) is 0 Å². The topological polar surface area (TPSA) is 25.8 Å². The summed E-state index contributed by atoms with van der Waals surface area (Å²) in [4.78, 5) is 8.97. The first kappa shape index (κ1) is 12.5. The van der Waals surface area contributed by atoms with Crippen molar-refractivity contribution in [2.75, 3.05) is 0 Å². The lowest BCUT2D eigenvalue weighted by molar-refractivity contribution is 1.01. The van der Waals surface area contributed by atoms with Gasteiger partial charge in [-0.2, -0.15) is 0 Å². The summed E-state index contributed by atoms with van der Waals surface area (Å²) in [5, 5.41) is 0. The van der Waals surface area contributed by atoms with Gasteiger partial charge >= 0.3 is 0 Å². The summed E-state index contributed by atoms with van der Waals surface area (Å²) in [5.41, 5.74) is 5.53. The molecule has 0 N–H and O–H groups in total. The van der Waals surface area contributed by atoms with Crippen molar-refractivity contribution in [1.82, 2.24) is 9.97 Å². The number of hydrogen-bond donors (Lipinski definition) is 0. The lowest BCUT2D eigenvalue weighted by atomic mass is 9.97. The van der Waals surface area contributed by atoms with Gasteiger partial charge in [-0.15, -0.1) is 0 Å². The summed E-state index contributed by atoms with van der Waals surface area (Å²) >= 11 is 0. The van der Waals surface area contributed by atoms with Gasteiger partial charge in [0.15, 0.2) is 0 Å². The Hall–Kier alpha value is -2.48. The lowest BCUT2D eigenvalue weighted by Gasteiger charge is -2.12. The van der Waals surface area contributed by atoms with Crippen molar-refractivity contribution in [3.05, 3.63) is 72.7 Å². The maximum Gasteiger partial charge on any atom is 0.116 e. The van der Waals surface area contributed by atoms with Crippen LogP contribution in [0.3, 0.4) is 0 Å². The van der Waals surface area contributed by atoms with E-state index in [1.54, 1.807) is 6.33 Å². The van der Waals surface area contributed by atoms with Gasteiger partial charge < -0.3 is 0 Å². The predicted octanol–water partition coefficient (Wildman–Crippen LogP) is 4.37. The Morgan fingerprint density at radius 1 is 0.750 bits per heavy atom. The zero-order chi connectivity index (χ0) is 13.8. The van der Waals surface area contributed by atoms with E-state index in [4.69, 9.17) is 0 Å². The Labute approximate surface area is 119 Å². The highest BCUT2D eigenvalue weighted by Gasteiger charge is 2.13. The van der Waals surface area contributed by atoms with Crippen LogP contribution < -0.4 is 0 Å². The molecule has 2 heteroatoms. The normalized spacial score (nSPS) is 10.4. The number of rotatable bonds is 3. The molecule has 2 aromatic carbocycles. The first-order chi connectivity index (χ1) is 9.90. The largest absolute Gasteiger partial charge is 0.241 e. The summed E-state index contributed by atoms with van der Waals surface area (Å²) in [5.74, 6) is 0. The minimum absolute atomic E-state index is 0.895. The minimum atomic E-state index is 0.895. The molecule has 0 atom stereocenters. The molecule has 20 heavy (non-hydrogen) atoms. The van der Waals surface area contributed by atoms with E-state index >= 15 is 0 Å². The highest BCUT2D eigenvalue weighted by Crippen LogP contribution is 2.32. The van der Waals surface area contributed by atoms with E-state index < -0.39 is 0 Å². The molecule has 2 nitrogen and oxygen atoms in total. The first-order valence-electron chi connectivity index (χ1n) is 6.85. The number of aryl methyl sites for hydroxylation is 1. The van der Waals surface area contributed by atoms with Crippen molar-refractivity contribution in [3.8, 4) is 22.4 Å². The monoisotopic (exact) mass is 260 g/mol. The molecular weight excluding hydrogens is 244 g/mol. The van der Waals surface area contributed by atoms with Crippen LogP contribution in [0, 0.1) is 0 Å². The summed E-state index contributed by atoms with van der Waals surface area (Å²) in [6.07, 6.45) is 2.56. The molecule has 0 aliphatic heterocycles. The SMILES string of the molecule is CCc1ncnc(-c2ccccc2)c1-c1ccccc1. The third-order valence-corrected chi connectivity index (χ3v) is 3.37. The summed E-state index contributed by atoms with van der Waals surface area (Å²) < 4.78 is 0. The van der Waals surface area contributed by atoms with Crippen LogP contribution in [-0.4, -0.2) is 9.97 Å². The third kappa shape index (κ3) is 2.32. The molecule has 1 heterocycles. The predicted molar refractivity (Wildman–Crippen MR) is 82.3 cm³/mol. The average Bonchev–Trinajstić information content (AvgIpc) is 2.55. The molecule has 1 aromatic heterocycles. The molecule has 0 bridgehead atoms. The highest BCUT2D eigenvalue weighted by atomic mass is 14.8. The Bertz CT molecular complexity index is 691. The fourth-order valence-corrected chi connectivity index (χ4v) is 2.41. The fourth-order valence-electron chi connectivity index (χ4n) is 2.41. The van der Waals surface area contributed by atoms with E-state index in [0.717, 1.165) is 28.9 Å². The van der Waals surface area contributed by atoms with E-state index in [1.807, 2.05) is 24.3 Å². The summed E-state index contributed by atoms with van der Waals surface area (Å²) in [6, 6.07) is 20.6. The van der Waals surface area contributed by atoms with Crippen LogP contribution >= 0.6 is 0 Å². The third-order valence-electron chi connectivity index (χ3n) is 3.37. The average molecular weight is 260 g/mol. The van der Waals surface area contributed by atoms with Crippen LogP contribution in [0.25, 0.3) is 22.4 Å². The van der Waals surface area contributed by atoms with Gasteiger partial charge in [-0.25, -0.2) is 9.97 Å². The van der Waals surface area contributed by atoms with Crippen LogP contribution in [0.15, 0.2) is 67.0 Å². The van der Waals surface area contributed by atoms with Crippen molar-refractivity contribution >= 4 is 0 Å².